The second-order valence-electron chi connectivity index (χ2n) is 8.11. The van der Waals surface area contributed by atoms with Crippen LogP contribution >= 0.6 is 0 Å². The first-order valence-corrected chi connectivity index (χ1v) is 10.7. The van der Waals surface area contributed by atoms with Gasteiger partial charge in [-0.05, 0) is 49.7 Å². The number of fused-ring (bicyclic) bond motifs is 4. The Balaban J connectivity index is 1.83. The molecule has 2 aromatic rings. The van der Waals surface area contributed by atoms with Crippen molar-refractivity contribution in [1.29, 1.82) is 0 Å². The number of aliphatic hydroxyl groups is 1. The molecule has 2 aliphatic rings. The third-order valence-corrected chi connectivity index (χ3v) is 6.46. The van der Waals surface area contributed by atoms with Gasteiger partial charge >= 0.3 is 0 Å². The number of amides is 1. The highest BCUT2D eigenvalue weighted by Gasteiger charge is 2.55. The number of rotatable bonds is 6. The molecular weight excluding hydrogens is 385 g/mol. The number of hydrogen-bond acceptors (Lipinski definition) is 4. The second kappa shape index (κ2) is 8.32. The lowest BCUT2D eigenvalue weighted by molar-refractivity contribution is -0.127. The van der Waals surface area contributed by atoms with Gasteiger partial charge in [-0.1, -0.05) is 19.1 Å². The lowest BCUT2D eigenvalue weighted by atomic mass is 9.86. The summed E-state index contributed by atoms with van der Waals surface area (Å²) in [5.74, 6) is -1.06. The second-order valence-corrected chi connectivity index (χ2v) is 8.11. The lowest BCUT2D eigenvalue weighted by Crippen LogP contribution is -2.46. The average Bonchev–Trinajstić information content (AvgIpc) is 2.94. The molecule has 1 saturated heterocycles. The van der Waals surface area contributed by atoms with E-state index in [1.807, 2.05) is 13.0 Å². The maximum Gasteiger partial charge on any atom is 0.258 e. The molecule has 30 heavy (non-hydrogen) atoms. The Morgan fingerprint density at radius 2 is 1.93 bits per heavy atom. The first-order chi connectivity index (χ1) is 14.5. The molecule has 1 fully saturated rings. The molecule has 1 amide bonds. The SMILES string of the molecule is CCCN1[C@@H]2Cn3c(ccc(-c4ccc(F)cc4)c3=O)[C@H]1[C@@H](C(=O)NCC)[C@@H]2CO. The van der Waals surface area contributed by atoms with Gasteiger partial charge in [0.05, 0.1) is 12.0 Å². The summed E-state index contributed by atoms with van der Waals surface area (Å²) < 4.78 is 15.1. The fraction of sp³-hybridized carbons (Fsp3) is 0.478. The monoisotopic (exact) mass is 413 g/mol. The predicted octanol–water partition coefficient (Wildman–Crippen LogP) is 2.16. The van der Waals surface area contributed by atoms with Crippen LogP contribution in [0, 0.1) is 17.7 Å². The van der Waals surface area contributed by atoms with Gasteiger partial charge in [-0.25, -0.2) is 4.39 Å². The van der Waals surface area contributed by atoms with Crippen molar-refractivity contribution in [3.05, 3.63) is 58.3 Å². The predicted molar refractivity (Wildman–Crippen MR) is 112 cm³/mol. The van der Waals surface area contributed by atoms with Crippen LogP contribution in [-0.2, 0) is 11.3 Å². The minimum atomic E-state index is -0.406. The molecule has 4 atom stereocenters. The topological polar surface area (TPSA) is 74.6 Å². The van der Waals surface area contributed by atoms with E-state index in [1.54, 1.807) is 22.8 Å². The van der Waals surface area contributed by atoms with Crippen molar-refractivity contribution in [2.75, 3.05) is 19.7 Å². The standard InChI is InChI=1S/C23H28FN3O3/c1-3-11-26-19-12-27-18(21(26)20(17(19)13-28)22(29)25-4-2)10-9-16(23(27)30)14-5-7-15(24)8-6-14/h5-10,17,19-21,28H,3-4,11-13H2,1-2H3,(H,25,29)/t17-,19-,20+,21+/m1/s1. The highest BCUT2D eigenvalue weighted by Crippen LogP contribution is 2.48. The molecule has 3 heterocycles. The summed E-state index contributed by atoms with van der Waals surface area (Å²) in [6.45, 7) is 5.63. The number of hydrogen-bond donors (Lipinski definition) is 2. The number of benzene rings is 1. The van der Waals surface area contributed by atoms with E-state index < -0.39 is 5.92 Å². The molecule has 0 saturated carbocycles. The molecule has 0 aliphatic carbocycles. The number of nitrogens with zero attached hydrogens (tertiary/aromatic N) is 2. The number of aromatic nitrogens is 1. The Kier molecular flexibility index (Phi) is 5.75. The van der Waals surface area contributed by atoms with Crippen LogP contribution in [0.1, 0.15) is 32.0 Å². The van der Waals surface area contributed by atoms with Crippen LogP contribution in [0.25, 0.3) is 11.1 Å². The van der Waals surface area contributed by atoms with Crippen molar-refractivity contribution < 1.29 is 14.3 Å². The lowest BCUT2D eigenvalue weighted by Gasteiger charge is -2.38. The number of halogens is 1. The largest absolute Gasteiger partial charge is 0.396 e. The van der Waals surface area contributed by atoms with Crippen LogP contribution in [0.3, 0.4) is 0 Å². The summed E-state index contributed by atoms with van der Waals surface area (Å²) >= 11 is 0. The zero-order chi connectivity index (χ0) is 21.4. The van der Waals surface area contributed by atoms with E-state index in [0.717, 1.165) is 18.7 Å². The smallest absolute Gasteiger partial charge is 0.258 e. The van der Waals surface area contributed by atoms with Gasteiger partial charge in [0.15, 0.2) is 0 Å². The molecule has 160 valence electrons. The third-order valence-electron chi connectivity index (χ3n) is 6.46. The van der Waals surface area contributed by atoms with E-state index in [1.165, 1.54) is 12.1 Å². The minimum absolute atomic E-state index is 0.0753. The minimum Gasteiger partial charge on any atom is -0.396 e. The van der Waals surface area contributed by atoms with E-state index in [-0.39, 0.29) is 41.9 Å². The molecule has 7 heteroatoms. The Morgan fingerprint density at radius 1 is 1.20 bits per heavy atom. The fourth-order valence-electron chi connectivity index (χ4n) is 5.23. The number of carbonyl (C=O) groups excluding carboxylic acids is 1. The van der Waals surface area contributed by atoms with Crippen LogP contribution in [0.4, 0.5) is 4.39 Å². The molecule has 1 aromatic heterocycles. The summed E-state index contributed by atoms with van der Waals surface area (Å²) in [4.78, 5) is 28.6. The number of carbonyl (C=O) groups is 1. The van der Waals surface area contributed by atoms with E-state index in [9.17, 15) is 19.1 Å². The summed E-state index contributed by atoms with van der Waals surface area (Å²) in [5.41, 5.74) is 1.84. The van der Waals surface area contributed by atoms with Gasteiger partial charge in [0.25, 0.3) is 5.56 Å². The summed E-state index contributed by atoms with van der Waals surface area (Å²) in [5, 5.41) is 13.1. The van der Waals surface area contributed by atoms with E-state index in [2.05, 4.69) is 17.1 Å². The number of pyridine rings is 1. The van der Waals surface area contributed by atoms with Gasteiger partial charge in [-0.3, -0.25) is 14.5 Å². The highest BCUT2D eigenvalue weighted by molar-refractivity contribution is 5.80. The molecule has 0 radical (unpaired) electrons. The Hall–Kier alpha value is -2.51. The Labute approximate surface area is 175 Å². The highest BCUT2D eigenvalue weighted by atomic mass is 19.1. The van der Waals surface area contributed by atoms with Crippen LogP contribution in [0.15, 0.2) is 41.2 Å². The van der Waals surface area contributed by atoms with Gasteiger partial charge < -0.3 is 15.0 Å². The molecule has 2 aliphatic heterocycles. The maximum absolute atomic E-state index is 13.4. The fourth-order valence-corrected chi connectivity index (χ4v) is 5.23. The molecular formula is C23H28FN3O3. The summed E-state index contributed by atoms with van der Waals surface area (Å²) in [6, 6.07) is 9.25. The average molecular weight is 413 g/mol. The van der Waals surface area contributed by atoms with Crippen LogP contribution in [-0.4, -0.2) is 46.2 Å². The van der Waals surface area contributed by atoms with Gasteiger partial charge in [0, 0.05) is 42.9 Å². The zero-order valence-corrected chi connectivity index (χ0v) is 17.3. The van der Waals surface area contributed by atoms with Crippen LogP contribution < -0.4 is 10.9 Å². The number of nitrogens with one attached hydrogen (secondary N) is 1. The van der Waals surface area contributed by atoms with Crippen molar-refractivity contribution in [2.24, 2.45) is 11.8 Å². The van der Waals surface area contributed by atoms with Gasteiger partial charge in [-0.2, -0.15) is 0 Å². The first-order valence-electron chi connectivity index (χ1n) is 10.7. The van der Waals surface area contributed by atoms with Crippen LogP contribution in [0.5, 0.6) is 0 Å². The zero-order valence-electron chi connectivity index (χ0n) is 17.3. The third kappa shape index (κ3) is 3.26. The van der Waals surface area contributed by atoms with Crippen molar-refractivity contribution in [3.8, 4) is 11.1 Å². The Morgan fingerprint density at radius 3 is 2.57 bits per heavy atom. The quantitative estimate of drug-likeness (QED) is 0.761. The molecule has 2 N–H and O–H groups in total. The van der Waals surface area contributed by atoms with Gasteiger partial charge in [-0.15, -0.1) is 0 Å². The maximum atomic E-state index is 13.4. The van der Waals surface area contributed by atoms with E-state index in [0.29, 0.717) is 24.2 Å². The summed E-state index contributed by atoms with van der Waals surface area (Å²) in [6.07, 6.45) is 0.922. The van der Waals surface area contributed by atoms with E-state index >= 15 is 0 Å². The molecule has 2 bridgehead atoms. The number of aliphatic hydroxyl groups excluding tert-OH is 1. The van der Waals surface area contributed by atoms with Crippen molar-refractivity contribution in [3.63, 3.8) is 0 Å². The molecule has 4 rings (SSSR count). The van der Waals surface area contributed by atoms with Gasteiger partial charge in [0.2, 0.25) is 5.91 Å². The van der Waals surface area contributed by atoms with Crippen molar-refractivity contribution >= 4 is 5.91 Å². The molecule has 0 spiro atoms. The van der Waals surface area contributed by atoms with Crippen LogP contribution in [0.2, 0.25) is 0 Å². The first kappa shape index (κ1) is 20.8. The summed E-state index contributed by atoms with van der Waals surface area (Å²) in [7, 11) is 0. The van der Waals surface area contributed by atoms with Gasteiger partial charge in [0.1, 0.15) is 5.82 Å². The Bertz CT molecular complexity index is 988. The van der Waals surface area contributed by atoms with E-state index in [4.69, 9.17) is 0 Å². The molecule has 6 nitrogen and oxygen atoms in total. The normalized spacial score (nSPS) is 25.2. The van der Waals surface area contributed by atoms with Crippen molar-refractivity contribution in [2.45, 2.75) is 38.9 Å². The molecule has 0 unspecified atom stereocenters. The molecule has 1 aromatic carbocycles. The van der Waals surface area contributed by atoms with Crippen molar-refractivity contribution in [1.82, 2.24) is 14.8 Å².